The Hall–Kier alpha value is -1.59. The van der Waals surface area contributed by atoms with E-state index < -0.39 is 0 Å². The van der Waals surface area contributed by atoms with Crippen LogP contribution in [-0.4, -0.2) is 63.2 Å². The Labute approximate surface area is 146 Å². The van der Waals surface area contributed by atoms with Gasteiger partial charge in [0, 0.05) is 46.3 Å². The molecule has 1 unspecified atom stereocenters. The van der Waals surface area contributed by atoms with E-state index in [9.17, 15) is 0 Å². The zero-order chi connectivity index (χ0) is 17.4. The molecular weight excluding hydrogens is 300 g/mol. The highest BCUT2D eigenvalue weighted by Gasteiger charge is 2.18. The van der Waals surface area contributed by atoms with Crippen LogP contribution < -0.4 is 5.32 Å². The van der Waals surface area contributed by atoms with Crippen LogP contribution in [0.3, 0.4) is 0 Å². The van der Waals surface area contributed by atoms with E-state index in [2.05, 4.69) is 65.4 Å². The van der Waals surface area contributed by atoms with E-state index in [1.807, 2.05) is 7.05 Å². The van der Waals surface area contributed by atoms with E-state index in [4.69, 9.17) is 4.74 Å². The van der Waals surface area contributed by atoms with Gasteiger partial charge in [-0.25, -0.2) is 0 Å². The summed E-state index contributed by atoms with van der Waals surface area (Å²) < 4.78 is 5.46. The summed E-state index contributed by atoms with van der Waals surface area (Å²) in [5.41, 5.74) is 2.64. The number of nitrogens with one attached hydrogen (secondary N) is 1. The standard InChI is InChI=1S/C19H32N4O/c1-5-22(3)13-17-8-6-7-16(11-17)12-21-19(20-2)23(4)14-18-9-10-24-15-18/h6-8,11,18H,5,9-10,12-15H2,1-4H3,(H,20,21). The average molecular weight is 332 g/mol. The summed E-state index contributed by atoms with van der Waals surface area (Å²) in [5, 5.41) is 3.48. The highest BCUT2D eigenvalue weighted by molar-refractivity contribution is 5.79. The SMILES string of the molecule is CCN(C)Cc1cccc(CNC(=NC)N(C)CC2CCOC2)c1. The van der Waals surface area contributed by atoms with Crippen LogP contribution in [0.5, 0.6) is 0 Å². The van der Waals surface area contributed by atoms with Gasteiger partial charge in [0.15, 0.2) is 5.96 Å². The molecule has 134 valence electrons. The number of hydrogen-bond donors (Lipinski definition) is 1. The van der Waals surface area contributed by atoms with Crippen LogP contribution in [0.15, 0.2) is 29.3 Å². The molecule has 0 saturated carbocycles. The van der Waals surface area contributed by atoms with Gasteiger partial charge in [0.25, 0.3) is 0 Å². The van der Waals surface area contributed by atoms with Gasteiger partial charge in [-0.05, 0) is 31.1 Å². The number of benzene rings is 1. The van der Waals surface area contributed by atoms with Crippen molar-refractivity contribution in [2.45, 2.75) is 26.4 Å². The first-order valence-corrected chi connectivity index (χ1v) is 8.88. The fourth-order valence-corrected chi connectivity index (χ4v) is 3.03. The highest BCUT2D eigenvalue weighted by atomic mass is 16.5. The Kier molecular flexibility index (Phi) is 7.53. The number of ether oxygens (including phenoxy) is 1. The molecule has 0 spiro atoms. The van der Waals surface area contributed by atoms with Crippen molar-refractivity contribution in [1.82, 2.24) is 15.1 Å². The van der Waals surface area contributed by atoms with Crippen LogP contribution in [0.1, 0.15) is 24.5 Å². The minimum atomic E-state index is 0.612. The first-order valence-electron chi connectivity index (χ1n) is 8.88. The van der Waals surface area contributed by atoms with Crippen molar-refractivity contribution in [3.63, 3.8) is 0 Å². The van der Waals surface area contributed by atoms with Crippen molar-refractivity contribution in [2.75, 3.05) is 47.4 Å². The van der Waals surface area contributed by atoms with Crippen molar-refractivity contribution in [3.8, 4) is 0 Å². The largest absolute Gasteiger partial charge is 0.381 e. The molecule has 5 nitrogen and oxygen atoms in total. The minimum Gasteiger partial charge on any atom is -0.381 e. The number of guanidine groups is 1. The van der Waals surface area contributed by atoms with Crippen molar-refractivity contribution in [2.24, 2.45) is 10.9 Å². The van der Waals surface area contributed by atoms with Gasteiger partial charge < -0.3 is 19.9 Å². The third kappa shape index (κ3) is 5.80. The molecule has 1 aromatic carbocycles. The lowest BCUT2D eigenvalue weighted by atomic mass is 10.1. The first kappa shape index (κ1) is 18.7. The summed E-state index contributed by atoms with van der Waals surface area (Å²) in [6.07, 6.45) is 1.15. The Bertz CT molecular complexity index is 526. The van der Waals surface area contributed by atoms with E-state index in [1.165, 1.54) is 11.1 Å². The minimum absolute atomic E-state index is 0.612. The smallest absolute Gasteiger partial charge is 0.193 e. The zero-order valence-electron chi connectivity index (χ0n) is 15.6. The number of rotatable bonds is 7. The molecule has 5 heteroatoms. The molecule has 1 atom stereocenters. The summed E-state index contributed by atoms with van der Waals surface area (Å²) in [6, 6.07) is 8.77. The Morgan fingerprint density at radius 2 is 2.12 bits per heavy atom. The molecule has 1 aliphatic rings. The Balaban J connectivity index is 1.87. The fraction of sp³-hybridized carbons (Fsp3) is 0.632. The summed E-state index contributed by atoms with van der Waals surface area (Å²) in [6.45, 7) is 7.77. The lowest BCUT2D eigenvalue weighted by Crippen LogP contribution is -2.41. The molecule has 1 heterocycles. The second-order valence-corrected chi connectivity index (χ2v) is 6.66. The second-order valence-electron chi connectivity index (χ2n) is 6.66. The van der Waals surface area contributed by atoms with Crippen LogP contribution in [0, 0.1) is 5.92 Å². The van der Waals surface area contributed by atoms with Crippen molar-refractivity contribution in [3.05, 3.63) is 35.4 Å². The maximum Gasteiger partial charge on any atom is 0.193 e. The molecule has 1 N–H and O–H groups in total. The summed E-state index contributed by atoms with van der Waals surface area (Å²) >= 11 is 0. The molecule has 24 heavy (non-hydrogen) atoms. The van der Waals surface area contributed by atoms with E-state index in [-0.39, 0.29) is 0 Å². The van der Waals surface area contributed by atoms with Crippen LogP contribution in [0.4, 0.5) is 0 Å². The number of hydrogen-bond acceptors (Lipinski definition) is 3. The molecule has 1 aromatic rings. The first-order chi connectivity index (χ1) is 11.6. The third-order valence-electron chi connectivity index (χ3n) is 4.56. The summed E-state index contributed by atoms with van der Waals surface area (Å²) in [4.78, 5) is 8.92. The topological polar surface area (TPSA) is 40.1 Å². The predicted octanol–water partition coefficient (Wildman–Crippen LogP) is 2.18. The monoisotopic (exact) mass is 332 g/mol. The maximum absolute atomic E-state index is 5.46. The van der Waals surface area contributed by atoms with E-state index in [0.29, 0.717) is 5.92 Å². The van der Waals surface area contributed by atoms with Gasteiger partial charge >= 0.3 is 0 Å². The summed E-state index contributed by atoms with van der Waals surface area (Å²) in [7, 11) is 6.09. The molecule has 2 rings (SSSR count). The second kappa shape index (κ2) is 9.64. The molecule has 0 aliphatic carbocycles. The summed E-state index contributed by atoms with van der Waals surface area (Å²) in [5.74, 6) is 1.56. The van der Waals surface area contributed by atoms with Gasteiger partial charge in [-0.2, -0.15) is 0 Å². The van der Waals surface area contributed by atoms with Crippen LogP contribution in [0.2, 0.25) is 0 Å². The Morgan fingerprint density at radius 3 is 2.79 bits per heavy atom. The predicted molar refractivity (Wildman–Crippen MR) is 100 cm³/mol. The molecule has 0 amide bonds. The lowest BCUT2D eigenvalue weighted by Gasteiger charge is -2.24. The highest BCUT2D eigenvalue weighted by Crippen LogP contribution is 2.13. The van der Waals surface area contributed by atoms with E-state index >= 15 is 0 Å². The van der Waals surface area contributed by atoms with Crippen molar-refractivity contribution in [1.29, 1.82) is 0 Å². The lowest BCUT2D eigenvalue weighted by molar-refractivity contribution is 0.181. The normalized spacial score (nSPS) is 18.2. The molecule has 1 aliphatic heterocycles. The van der Waals surface area contributed by atoms with Crippen molar-refractivity contribution < 1.29 is 4.74 Å². The molecular formula is C19H32N4O. The average Bonchev–Trinajstić information content (AvgIpc) is 3.08. The third-order valence-corrected chi connectivity index (χ3v) is 4.56. The maximum atomic E-state index is 5.46. The number of aliphatic imine (C=N–C) groups is 1. The molecule has 0 aromatic heterocycles. The zero-order valence-corrected chi connectivity index (χ0v) is 15.6. The van der Waals surface area contributed by atoms with E-state index in [1.54, 1.807) is 0 Å². The molecule has 0 bridgehead atoms. The van der Waals surface area contributed by atoms with E-state index in [0.717, 1.165) is 51.8 Å². The van der Waals surface area contributed by atoms with Gasteiger partial charge in [-0.3, -0.25) is 4.99 Å². The van der Waals surface area contributed by atoms with Crippen LogP contribution >= 0.6 is 0 Å². The fourth-order valence-electron chi connectivity index (χ4n) is 3.03. The Morgan fingerprint density at radius 1 is 1.33 bits per heavy atom. The molecule has 1 saturated heterocycles. The van der Waals surface area contributed by atoms with Gasteiger partial charge in [-0.1, -0.05) is 31.2 Å². The van der Waals surface area contributed by atoms with Gasteiger partial charge in [0.05, 0.1) is 6.61 Å². The molecule has 0 radical (unpaired) electrons. The van der Waals surface area contributed by atoms with Gasteiger partial charge in [0.2, 0.25) is 0 Å². The number of nitrogens with zero attached hydrogens (tertiary/aromatic N) is 3. The van der Waals surface area contributed by atoms with Gasteiger partial charge in [0.1, 0.15) is 0 Å². The van der Waals surface area contributed by atoms with Crippen molar-refractivity contribution >= 4 is 5.96 Å². The van der Waals surface area contributed by atoms with Crippen LogP contribution in [-0.2, 0) is 17.8 Å². The quantitative estimate of drug-likeness (QED) is 0.614. The van der Waals surface area contributed by atoms with Gasteiger partial charge in [-0.15, -0.1) is 0 Å². The van der Waals surface area contributed by atoms with Crippen LogP contribution in [0.25, 0.3) is 0 Å². The molecule has 1 fully saturated rings.